The fourth-order valence-electron chi connectivity index (χ4n) is 1.22. The molecule has 1 heterocycles. The van der Waals surface area contributed by atoms with E-state index in [0.29, 0.717) is 0 Å². The van der Waals surface area contributed by atoms with Gasteiger partial charge >= 0.3 is 6.71 Å². The van der Waals surface area contributed by atoms with Crippen LogP contribution in [0.1, 0.15) is 27.7 Å². The summed E-state index contributed by atoms with van der Waals surface area (Å²) in [5.41, 5.74) is -0.499. The molecule has 0 radical (unpaired) electrons. The Morgan fingerprint density at radius 2 is 1.36 bits per heavy atom. The van der Waals surface area contributed by atoms with Crippen LogP contribution in [0.5, 0.6) is 0 Å². The molecule has 1 rings (SSSR count). The number of rotatable bonds is 2. The topological polar surface area (TPSA) is 27.7 Å². The van der Waals surface area contributed by atoms with Crippen molar-refractivity contribution in [2.45, 2.75) is 52.0 Å². The highest BCUT2D eigenvalue weighted by Crippen LogP contribution is 2.39. The van der Waals surface area contributed by atoms with E-state index in [0.717, 1.165) is 0 Å². The van der Waals surface area contributed by atoms with E-state index in [-0.39, 0.29) is 17.9 Å². The molecule has 0 amide bonds. The molecule has 0 unspecified atom stereocenters. The summed E-state index contributed by atoms with van der Waals surface area (Å²) >= 11 is 0. The Morgan fingerprint density at radius 3 is 1.64 bits per heavy atom. The molecule has 1 aliphatic rings. The second-order valence-electron chi connectivity index (χ2n) is 5.40. The fraction of sp³-hybridized carbons (Fsp3) is 1.00. The van der Waals surface area contributed by atoms with Crippen molar-refractivity contribution < 1.29 is 13.7 Å². The van der Waals surface area contributed by atoms with Gasteiger partial charge in [-0.25, -0.2) is 0 Å². The second kappa shape index (κ2) is 3.33. The predicted molar refractivity (Wildman–Crippen MR) is 60.6 cm³/mol. The van der Waals surface area contributed by atoms with E-state index in [4.69, 9.17) is 13.7 Å². The smallest absolute Gasteiger partial charge is 0.421 e. The molecule has 3 nitrogen and oxygen atoms in total. The third kappa shape index (κ3) is 1.91. The van der Waals surface area contributed by atoms with Gasteiger partial charge in [0, 0.05) is 7.11 Å². The zero-order valence-electron chi connectivity index (χ0n) is 10.3. The van der Waals surface area contributed by atoms with Crippen LogP contribution in [0.4, 0.5) is 0 Å². The Balaban J connectivity index is 2.83. The first kappa shape index (κ1) is 12.2. The summed E-state index contributed by atoms with van der Waals surface area (Å²) < 4.78 is 17.4. The highest BCUT2D eigenvalue weighted by Gasteiger charge is 2.57. The lowest BCUT2D eigenvalue weighted by molar-refractivity contribution is 0.00578. The van der Waals surface area contributed by atoms with Crippen molar-refractivity contribution >= 4 is 14.9 Å². The van der Waals surface area contributed by atoms with Gasteiger partial charge in [-0.15, -0.1) is 0 Å². The average molecular weight is 216 g/mol. The van der Waals surface area contributed by atoms with Gasteiger partial charge in [0.25, 0.3) is 0 Å². The van der Waals surface area contributed by atoms with Gasteiger partial charge in [-0.1, -0.05) is 0 Å². The molecule has 0 aromatic carbocycles. The molecule has 0 bridgehead atoms. The van der Waals surface area contributed by atoms with Crippen LogP contribution in [0.25, 0.3) is 0 Å². The van der Waals surface area contributed by atoms with Crippen LogP contribution in [0.2, 0.25) is 13.1 Å². The van der Waals surface area contributed by atoms with Gasteiger partial charge in [0.05, 0.1) is 11.2 Å². The minimum absolute atomic E-state index is 0.169. The third-order valence-corrected chi connectivity index (χ3v) is 5.77. The van der Waals surface area contributed by atoms with E-state index in [1.165, 1.54) is 0 Å². The van der Waals surface area contributed by atoms with E-state index in [2.05, 4.69) is 40.8 Å². The molecule has 5 heteroatoms. The molecule has 0 N–H and O–H groups in total. The molecule has 14 heavy (non-hydrogen) atoms. The van der Waals surface area contributed by atoms with E-state index < -0.39 is 8.19 Å². The summed E-state index contributed by atoms with van der Waals surface area (Å²) in [6.45, 7) is 12.3. The highest BCUT2D eigenvalue weighted by molar-refractivity contribution is 7.24. The molecule has 0 atom stereocenters. The van der Waals surface area contributed by atoms with E-state index >= 15 is 0 Å². The normalized spacial score (nSPS) is 25.5. The maximum atomic E-state index is 5.93. The van der Waals surface area contributed by atoms with Gasteiger partial charge < -0.3 is 13.7 Å². The maximum absolute atomic E-state index is 5.93. The van der Waals surface area contributed by atoms with Crippen LogP contribution < -0.4 is 0 Å². The van der Waals surface area contributed by atoms with Crippen LogP contribution in [0.3, 0.4) is 0 Å². The molecule has 0 saturated carbocycles. The standard InChI is InChI=1S/C9H21BO3Si/c1-8(2)9(3,4)13-10(12-8)14(6,7)11-5/h1-7H3. The SMILES string of the molecule is CO[Si](C)(C)B1OC(C)(C)C(C)(C)O1. The first-order valence-electron chi connectivity index (χ1n) is 5.03. The van der Waals surface area contributed by atoms with Gasteiger partial charge in [0.15, 0.2) is 0 Å². The van der Waals surface area contributed by atoms with Crippen LogP contribution in [0.15, 0.2) is 0 Å². The Hall–Kier alpha value is 0.162. The number of hydrogen-bond acceptors (Lipinski definition) is 3. The summed E-state index contributed by atoms with van der Waals surface area (Å²) in [5.74, 6) is 0. The van der Waals surface area contributed by atoms with Crippen molar-refractivity contribution in [3.05, 3.63) is 0 Å². The summed E-state index contributed by atoms with van der Waals surface area (Å²) in [5, 5.41) is 0. The summed E-state index contributed by atoms with van der Waals surface area (Å²) in [6, 6.07) is 0. The van der Waals surface area contributed by atoms with E-state index in [1.54, 1.807) is 7.11 Å². The van der Waals surface area contributed by atoms with Crippen molar-refractivity contribution in [3.63, 3.8) is 0 Å². The van der Waals surface area contributed by atoms with Gasteiger partial charge in [-0.2, -0.15) is 0 Å². The molecule has 1 aliphatic heterocycles. The summed E-state index contributed by atoms with van der Waals surface area (Å²) in [7, 11) is -0.133. The largest absolute Gasteiger partial charge is 0.467 e. The van der Waals surface area contributed by atoms with Crippen molar-refractivity contribution in [3.8, 4) is 0 Å². The molecule has 1 fully saturated rings. The lowest BCUT2D eigenvalue weighted by Gasteiger charge is -2.32. The van der Waals surface area contributed by atoms with Crippen molar-refractivity contribution in [2.24, 2.45) is 0 Å². The molecule has 0 spiro atoms. The van der Waals surface area contributed by atoms with Gasteiger partial charge in [-0.05, 0) is 40.8 Å². The maximum Gasteiger partial charge on any atom is 0.467 e. The molecule has 0 aliphatic carbocycles. The monoisotopic (exact) mass is 216 g/mol. The average Bonchev–Trinajstić information content (AvgIpc) is 2.22. The van der Waals surface area contributed by atoms with Gasteiger partial charge in [0.1, 0.15) is 0 Å². The number of hydrogen-bond donors (Lipinski definition) is 0. The third-order valence-electron chi connectivity index (χ3n) is 3.35. The van der Waals surface area contributed by atoms with Gasteiger partial charge in [0.2, 0.25) is 8.19 Å². The van der Waals surface area contributed by atoms with Crippen molar-refractivity contribution in [1.29, 1.82) is 0 Å². The van der Waals surface area contributed by atoms with Crippen LogP contribution >= 0.6 is 0 Å². The minimum Gasteiger partial charge on any atom is -0.421 e. The van der Waals surface area contributed by atoms with Crippen LogP contribution in [-0.2, 0) is 13.7 Å². The summed E-state index contributed by atoms with van der Waals surface area (Å²) in [4.78, 5) is 0. The van der Waals surface area contributed by atoms with Crippen LogP contribution in [0, 0.1) is 0 Å². The molecule has 1 saturated heterocycles. The molecule has 0 aromatic rings. The van der Waals surface area contributed by atoms with Crippen LogP contribution in [-0.4, -0.2) is 33.2 Å². The lowest BCUT2D eigenvalue weighted by atomic mass is 9.90. The Morgan fingerprint density at radius 1 is 1.00 bits per heavy atom. The minimum atomic E-state index is -1.87. The Labute approximate surface area is 88.3 Å². The first-order chi connectivity index (χ1) is 6.12. The van der Waals surface area contributed by atoms with Gasteiger partial charge in [-0.3, -0.25) is 0 Å². The predicted octanol–water partition coefficient (Wildman–Crippen LogP) is 2.01. The van der Waals surface area contributed by atoms with Crippen molar-refractivity contribution in [2.75, 3.05) is 7.11 Å². The Kier molecular flexibility index (Phi) is 2.91. The quantitative estimate of drug-likeness (QED) is 0.661. The molecular formula is C9H21BO3Si. The molecule has 82 valence electrons. The fourth-order valence-corrected chi connectivity index (χ4v) is 2.57. The zero-order chi connectivity index (χ0) is 11.2. The van der Waals surface area contributed by atoms with E-state index in [9.17, 15) is 0 Å². The second-order valence-corrected chi connectivity index (χ2v) is 9.48. The lowest BCUT2D eigenvalue weighted by Crippen LogP contribution is -2.50. The zero-order valence-corrected chi connectivity index (χ0v) is 11.3. The molecule has 0 aromatic heterocycles. The van der Waals surface area contributed by atoms with Crippen molar-refractivity contribution in [1.82, 2.24) is 0 Å². The van der Waals surface area contributed by atoms with E-state index in [1.807, 2.05) is 0 Å². The summed E-state index contributed by atoms with van der Waals surface area (Å²) in [6.07, 6.45) is 0. The first-order valence-corrected chi connectivity index (χ1v) is 8.02. The highest BCUT2D eigenvalue weighted by atomic mass is 28.3. The Bertz CT molecular complexity index is 212. The molecular weight excluding hydrogens is 195 g/mol.